The molecule has 0 aromatic heterocycles. The Hall–Kier alpha value is -2.65. The molecule has 196 valence electrons. The van der Waals surface area contributed by atoms with Gasteiger partial charge in [0, 0.05) is 56.4 Å². The number of carbonyl (C=O) groups is 2. The third-order valence-electron chi connectivity index (χ3n) is 6.87. The number of benzene rings is 1. The molecule has 2 fully saturated rings. The Bertz CT molecular complexity index is 1030. The van der Waals surface area contributed by atoms with Crippen molar-refractivity contribution in [2.45, 2.75) is 64.3 Å². The Labute approximate surface area is 216 Å². The minimum Gasteiger partial charge on any atom is -0.489 e. The third-order valence-corrected chi connectivity index (χ3v) is 7.19. The van der Waals surface area contributed by atoms with Gasteiger partial charge in [-0.3, -0.25) is 15.0 Å². The van der Waals surface area contributed by atoms with Crippen LogP contribution in [0.4, 0.5) is 4.39 Å². The first-order valence-corrected chi connectivity index (χ1v) is 13.0. The van der Waals surface area contributed by atoms with Gasteiger partial charge in [-0.2, -0.15) is 0 Å². The van der Waals surface area contributed by atoms with Gasteiger partial charge in [0.25, 0.3) is 5.91 Å². The van der Waals surface area contributed by atoms with E-state index in [4.69, 9.17) is 26.5 Å². The summed E-state index contributed by atoms with van der Waals surface area (Å²) >= 11 is 6.10. The number of amides is 2. The van der Waals surface area contributed by atoms with E-state index in [1.807, 2.05) is 13.8 Å². The Morgan fingerprint density at radius 2 is 1.86 bits per heavy atom. The highest BCUT2D eigenvalue weighted by Gasteiger charge is 2.32. The van der Waals surface area contributed by atoms with E-state index in [0.717, 1.165) is 18.5 Å². The zero-order valence-corrected chi connectivity index (χ0v) is 21.6. The van der Waals surface area contributed by atoms with E-state index in [9.17, 15) is 14.0 Å². The average Bonchev–Trinajstić information content (AvgIpc) is 3.32. The van der Waals surface area contributed by atoms with E-state index in [1.54, 1.807) is 9.80 Å². The highest BCUT2D eigenvalue weighted by atomic mass is 35.5. The Kier molecular flexibility index (Phi) is 8.51. The lowest BCUT2D eigenvalue weighted by Crippen LogP contribution is -2.50. The number of rotatable bonds is 7. The zero-order chi connectivity index (χ0) is 25.8. The number of hydrogen-bond acceptors (Lipinski definition) is 6. The number of carbonyl (C=O) groups excluding carboxylic acids is 2. The highest BCUT2D eigenvalue weighted by molar-refractivity contribution is 6.44. The summed E-state index contributed by atoms with van der Waals surface area (Å²) in [6.07, 6.45) is 3.23. The molecule has 10 heteroatoms. The first-order valence-electron chi connectivity index (χ1n) is 12.6. The molecule has 0 unspecified atom stereocenters. The van der Waals surface area contributed by atoms with Crippen molar-refractivity contribution in [1.29, 1.82) is 5.41 Å². The quantitative estimate of drug-likeness (QED) is 0.536. The van der Waals surface area contributed by atoms with Crippen LogP contribution in [-0.2, 0) is 14.3 Å². The second-order valence-corrected chi connectivity index (χ2v) is 10.2. The minimum atomic E-state index is -0.405. The monoisotopic (exact) mass is 520 g/mol. The molecule has 36 heavy (non-hydrogen) atoms. The number of hydrogen-bond donors (Lipinski definition) is 2. The van der Waals surface area contributed by atoms with Crippen molar-refractivity contribution in [1.82, 2.24) is 15.1 Å². The molecular formula is C26H34ClFN4O4. The predicted molar refractivity (Wildman–Crippen MR) is 135 cm³/mol. The first-order chi connectivity index (χ1) is 17.2. The number of nitrogens with one attached hydrogen (secondary N) is 2. The molecule has 2 amide bonds. The van der Waals surface area contributed by atoms with E-state index in [2.05, 4.69) is 5.32 Å². The van der Waals surface area contributed by atoms with Crippen LogP contribution in [0.1, 0.15) is 46.0 Å². The van der Waals surface area contributed by atoms with Gasteiger partial charge in [0.05, 0.1) is 23.8 Å². The molecule has 8 nitrogen and oxygen atoms in total. The molecule has 2 N–H and O–H groups in total. The molecule has 0 bridgehead atoms. The largest absolute Gasteiger partial charge is 0.489 e. The van der Waals surface area contributed by atoms with Crippen molar-refractivity contribution in [2.75, 3.05) is 32.7 Å². The van der Waals surface area contributed by atoms with Crippen LogP contribution in [0, 0.1) is 11.2 Å². The number of nitrogens with zero attached hydrogens (tertiary/aromatic N) is 2. The average molecular weight is 521 g/mol. The van der Waals surface area contributed by atoms with Crippen LogP contribution < -0.4 is 10.1 Å². The van der Waals surface area contributed by atoms with E-state index in [1.165, 1.54) is 18.2 Å². The topological polar surface area (TPSA) is 95.0 Å². The summed E-state index contributed by atoms with van der Waals surface area (Å²) < 4.78 is 25.1. The van der Waals surface area contributed by atoms with Crippen molar-refractivity contribution in [2.24, 2.45) is 0 Å². The molecule has 0 saturated carbocycles. The van der Waals surface area contributed by atoms with Crippen LogP contribution >= 0.6 is 11.6 Å². The smallest absolute Gasteiger partial charge is 0.272 e. The van der Waals surface area contributed by atoms with Gasteiger partial charge >= 0.3 is 0 Å². The van der Waals surface area contributed by atoms with Gasteiger partial charge in [0.1, 0.15) is 23.4 Å². The summed E-state index contributed by atoms with van der Waals surface area (Å²) in [5.41, 5.74) is 1.53. The molecule has 3 aliphatic rings. The lowest BCUT2D eigenvalue weighted by molar-refractivity contribution is -0.136. The summed E-state index contributed by atoms with van der Waals surface area (Å²) in [5, 5.41) is 12.1. The number of piperidine rings is 1. The van der Waals surface area contributed by atoms with Gasteiger partial charge in [0.2, 0.25) is 5.91 Å². The van der Waals surface area contributed by atoms with Gasteiger partial charge in [-0.25, -0.2) is 4.39 Å². The van der Waals surface area contributed by atoms with Gasteiger partial charge in [-0.05, 0) is 45.2 Å². The molecule has 2 heterocycles. The fourth-order valence-electron chi connectivity index (χ4n) is 5.11. The maximum atomic E-state index is 13.5. The van der Waals surface area contributed by atoms with Gasteiger partial charge in [-0.15, -0.1) is 0 Å². The Morgan fingerprint density at radius 1 is 1.17 bits per heavy atom. The summed E-state index contributed by atoms with van der Waals surface area (Å²) in [6, 6.07) is 4.03. The second kappa shape index (κ2) is 11.6. The number of halogens is 2. The van der Waals surface area contributed by atoms with Crippen LogP contribution in [0.3, 0.4) is 0 Å². The van der Waals surface area contributed by atoms with Crippen molar-refractivity contribution < 1.29 is 23.5 Å². The normalized spacial score (nSPS) is 23.1. The lowest BCUT2D eigenvalue weighted by atomic mass is 10.1. The van der Waals surface area contributed by atoms with Gasteiger partial charge < -0.3 is 24.6 Å². The SMILES string of the molecule is C[C@@H]1CN(C(=O)C(=N)C2=C(NCC(=O)N3CCC(Oc4cc(F)ccc4Cl)CC3)CCC2)C[C@H](C)O1. The van der Waals surface area contributed by atoms with Gasteiger partial charge in [0.15, 0.2) is 0 Å². The van der Waals surface area contributed by atoms with Crippen LogP contribution in [0.15, 0.2) is 29.5 Å². The summed E-state index contributed by atoms with van der Waals surface area (Å²) in [6.45, 7) is 6.00. The number of ether oxygens (including phenoxy) is 2. The van der Waals surface area contributed by atoms with Crippen LogP contribution in [-0.4, -0.2) is 78.4 Å². The summed E-state index contributed by atoms with van der Waals surface area (Å²) in [4.78, 5) is 29.3. The number of morpholine rings is 1. The van der Waals surface area contributed by atoms with Crippen LogP contribution in [0.5, 0.6) is 5.75 Å². The minimum absolute atomic E-state index is 0.0118. The molecule has 4 rings (SSSR count). The highest BCUT2D eigenvalue weighted by Crippen LogP contribution is 2.29. The fourth-order valence-corrected chi connectivity index (χ4v) is 5.27. The molecular weight excluding hydrogens is 487 g/mol. The molecule has 1 aromatic carbocycles. The summed E-state index contributed by atoms with van der Waals surface area (Å²) in [7, 11) is 0. The molecule has 0 radical (unpaired) electrons. The molecule has 1 aromatic rings. The second-order valence-electron chi connectivity index (χ2n) is 9.78. The van der Waals surface area contributed by atoms with Crippen LogP contribution in [0.2, 0.25) is 5.02 Å². The maximum Gasteiger partial charge on any atom is 0.272 e. The maximum absolute atomic E-state index is 13.5. The first kappa shape index (κ1) is 26.4. The van der Waals surface area contributed by atoms with E-state index >= 15 is 0 Å². The Balaban J connectivity index is 1.27. The number of likely N-dealkylation sites (tertiary alicyclic amines) is 1. The van der Waals surface area contributed by atoms with Gasteiger partial charge in [-0.1, -0.05) is 11.6 Å². The zero-order valence-electron chi connectivity index (χ0n) is 20.8. The summed E-state index contributed by atoms with van der Waals surface area (Å²) in [5.74, 6) is -0.399. The van der Waals surface area contributed by atoms with Crippen molar-refractivity contribution in [3.63, 3.8) is 0 Å². The van der Waals surface area contributed by atoms with Crippen molar-refractivity contribution in [3.8, 4) is 5.75 Å². The molecule has 0 spiro atoms. The predicted octanol–water partition coefficient (Wildman–Crippen LogP) is 3.53. The fraction of sp³-hybridized carbons (Fsp3) is 0.577. The Morgan fingerprint density at radius 3 is 2.56 bits per heavy atom. The van der Waals surface area contributed by atoms with Crippen molar-refractivity contribution in [3.05, 3.63) is 40.3 Å². The van der Waals surface area contributed by atoms with Crippen LogP contribution in [0.25, 0.3) is 0 Å². The third kappa shape index (κ3) is 6.37. The molecule has 2 atom stereocenters. The van der Waals surface area contributed by atoms with Crippen molar-refractivity contribution >= 4 is 29.1 Å². The van der Waals surface area contributed by atoms with E-state index in [-0.39, 0.29) is 42.4 Å². The van der Waals surface area contributed by atoms with E-state index < -0.39 is 5.82 Å². The lowest BCUT2D eigenvalue weighted by Gasteiger charge is -2.35. The number of allylic oxidation sites excluding steroid dienone is 1. The standard InChI is InChI=1S/C26H34ClFN4O4/c1-16-14-32(15-17(2)35-16)26(34)25(29)20-4-3-5-22(20)30-13-24(33)31-10-8-19(9-11-31)36-23-12-18(28)6-7-21(23)27/h6-7,12,16-17,19,29-30H,3-5,8-11,13-15H2,1-2H3/t16-,17+. The molecule has 2 saturated heterocycles. The molecule has 1 aliphatic carbocycles. The molecule has 2 aliphatic heterocycles. The van der Waals surface area contributed by atoms with E-state index in [0.29, 0.717) is 61.8 Å².